The lowest BCUT2D eigenvalue weighted by atomic mass is 10.0. The van der Waals surface area contributed by atoms with Crippen LogP contribution in [-0.2, 0) is 12.8 Å². The molecule has 6 nitrogen and oxygen atoms in total. The number of alkyl halides is 1. The van der Waals surface area contributed by atoms with Gasteiger partial charge >= 0.3 is 0 Å². The molecule has 1 atom stereocenters. The molecule has 1 unspecified atom stereocenters. The largest absolute Gasteiger partial charge is 0.486 e. The molecule has 2 N–H and O–H groups in total. The third-order valence-corrected chi connectivity index (χ3v) is 4.20. The van der Waals surface area contributed by atoms with Gasteiger partial charge in [0.05, 0.1) is 5.56 Å². The van der Waals surface area contributed by atoms with Crippen LogP contribution in [0.2, 0.25) is 0 Å². The highest BCUT2D eigenvalue weighted by Gasteiger charge is 2.29. The Kier molecular flexibility index (Phi) is 5.46. The summed E-state index contributed by atoms with van der Waals surface area (Å²) in [6.07, 6.45) is 2.03. The Morgan fingerprint density at radius 3 is 2.85 bits per heavy atom. The maximum Gasteiger partial charge on any atom is 0.254 e. The molecule has 7 heteroatoms. The van der Waals surface area contributed by atoms with Crippen LogP contribution >= 0.6 is 0 Å². The lowest BCUT2D eigenvalue weighted by molar-refractivity contribution is 0.0954. The summed E-state index contributed by atoms with van der Waals surface area (Å²) in [6, 6.07) is 8.75. The molecule has 0 saturated carbocycles. The molecule has 2 heterocycles. The number of rotatable bonds is 6. The molecule has 1 aromatic heterocycles. The van der Waals surface area contributed by atoms with Gasteiger partial charge in [-0.25, -0.2) is 4.39 Å². The maximum atomic E-state index is 13.0. The fraction of sp³-hybridized carbons (Fsp3) is 0.316. The van der Waals surface area contributed by atoms with Gasteiger partial charge in [-0.3, -0.25) is 14.6 Å². The number of ether oxygens (including phenoxy) is 1. The first kappa shape index (κ1) is 17.8. The molecule has 26 heavy (non-hydrogen) atoms. The summed E-state index contributed by atoms with van der Waals surface area (Å²) in [5, 5.41) is 5.34. The highest BCUT2D eigenvalue weighted by Crippen LogP contribution is 2.34. The Labute approximate surface area is 150 Å². The summed E-state index contributed by atoms with van der Waals surface area (Å²) in [5.41, 5.74) is 2.15. The molecule has 3 rings (SSSR count). The molecule has 0 aliphatic carbocycles. The van der Waals surface area contributed by atoms with Gasteiger partial charge in [0.1, 0.15) is 18.5 Å². The van der Waals surface area contributed by atoms with Crippen molar-refractivity contribution >= 4 is 11.8 Å². The van der Waals surface area contributed by atoms with E-state index in [1.165, 1.54) is 13.1 Å². The van der Waals surface area contributed by atoms with Crippen LogP contribution in [0.3, 0.4) is 0 Å². The number of carbonyl (C=O) groups is 2. The number of benzene rings is 1. The predicted molar refractivity (Wildman–Crippen MR) is 94.2 cm³/mol. The van der Waals surface area contributed by atoms with Gasteiger partial charge in [-0.1, -0.05) is 6.07 Å². The third kappa shape index (κ3) is 3.82. The van der Waals surface area contributed by atoms with E-state index in [4.69, 9.17) is 4.74 Å². The molecule has 0 spiro atoms. The van der Waals surface area contributed by atoms with Crippen molar-refractivity contribution in [1.29, 1.82) is 0 Å². The van der Waals surface area contributed by atoms with Crippen LogP contribution in [0.1, 0.15) is 32.0 Å². The van der Waals surface area contributed by atoms with Crippen LogP contribution in [0.15, 0.2) is 36.5 Å². The molecule has 0 bridgehead atoms. The van der Waals surface area contributed by atoms with Crippen molar-refractivity contribution in [3.8, 4) is 5.75 Å². The van der Waals surface area contributed by atoms with E-state index in [0.29, 0.717) is 36.3 Å². The van der Waals surface area contributed by atoms with E-state index < -0.39 is 12.8 Å². The Bertz CT molecular complexity index is 811. The fourth-order valence-electron chi connectivity index (χ4n) is 2.91. The van der Waals surface area contributed by atoms with Gasteiger partial charge in [-0.2, -0.15) is 0 Å². The Morgan fingerprint density at radius 2 is 2.15 bits per heavy atom. The zero-order valence-corrected chi connectivity index (χ0v) is 14.4. The highest BCUT2D eigenvalue weighted by atomic mass is 19.1. The summed E-state index contributed by atoms with van der Waals surface area (Å²) in [5.74, 6) is -0.307. The van der Waals surface area contributed by atoms with Crippen molar-refractivity contribution in [1.82, 2.24) is 15.6 Å². The van der Waals surface area contributed by atoms with Crippen molar-refractivity contribution in [3.63, 3.8) is 0 Å². The minimum Gasteiger partial charge on any atom is -0.486 e. The van der Waals surface area contributed by atoms with E-state index in [2.05, 4.69) is 15.6 Å². The number of halogens is 1. The monoisotopic (exact) mass is 357 g/mol. The molecule has 1 aliphatic heterocycles. The molecular weight excluding hydrogens is 337 g/mol. The second-order valence-electron chi connectivity index (χ2n) is 6.02. The molecular formula is C19H20FN3O3. The van der Waals surface area contributed by atoms with Crippen molar-refractivity contribution in [2.24, 2.45) is 0 Å². The number of nitrogens with zero attached hydrogens (tertiary/aromatic N) is 1. The van der Waals surface area contributed by atoms with Gasteiger partial charge in [0, 0.05) is 43.9 Å². The van der Waals surface area contributed by atoms with Crippen molar-refractivity contribution in [2.45, 2.75) is 18.9 Å². The van der Waals surface area contributed by atoms with Crippen LogP contribution in [0, 0.1) is 0 Å². The lowest BCUT2D eigenvalue weighted by Gasteiger charge is -2.11. The average molecular weight is 357 g/mol. The van der Waals surface area contributed by atoms with Gasteiger partial charge in [-0.05, 0) is 29.8 Å². The van der Waals surface area contributed by atoms with Crippen LogP contribution in [0.4, 0.5) is 4.39 Å². The Hall–Kier alpha value is -2.96. The second-order valence-corrected chi connectivity index (χ2v) is 6.02. The minimum atomic E-state index is -0.645. The van der Waals surface area contributed by atoms with Gasteiger partial charge in [0.25, 0.3) is 11.8 Å². The van der Waals surface area contributed by atoms with Crippen LogP contribution < -0.4 is 15.4 Å². The number of hydrogen-bond acceptors (Lipinski definition) is 4. The third-order valence-electron chi connectivity index (χ3n) is 4.20. The van der Waals surface area contributed by atoms with E-state index in [0.717, 1.165) is 5.69 Å². The molecule has 136 valence electrons. The Morgan fingerprint density at radius 1 is 1.31 bits per heavy atom. The number of hydrogen-bond donors (Lipinski definition) is 2. The molecule has 1 aliphatic rings. The summed E-state index contributed by atoms with van der Waals surface area (Å²) in [7, 11) is 1.50. The average Bonchev–Trinajstić information content (AvgIpc) is 3.10. The summed E-state index contributed by atoms with van der Waals surface area (Å²) >= 11 is 0. The summed E-state index contributed by atoms with van der Waals surface area (Å²) < 4.78 is 18.5. The zero-order valence-electron chi connectivity index (χ0n) is 14.4. The van der Waals surface area contributed by atoms with Gasteiger partial charge < -0.3 is 15.4 Å². The number of aromatic nitrogens is 1. The topological polar surface area (TPSA) is 80.3 Å². The van der Waals surface area contributed by atoms with Gasteiger partial charge in [0.2, 0.25) is 0 Å². The van der Waals surface area contributed by atoms with E-state index in [1.54, 1.807) is 12.3 Å². The molecule has 0 saturated heterocycles. The van der Waals surface area contributed by atoms with E-state index in [1.807, 2.05) is 18.2 Å². The van der Waals surface area contributed by atoms with Gasteiger partial charge in [-0.15, -0.1) is 0 Å². The number of pyridine rings is 1. The van der Waals surface area contributed by atoms with E-state index in [9.17, 15) is 14.0 Å². The van der Waals surface area contributed by atoms with Crippen LogP contribution in [0.5, 0.6) is 5.75 Å². The first-order valence-electron chi connectivity index (χ1n) is 8.42. The van der Waals surface area contributed by atoms with Gasteiger partial charge in [0.15, 0.2) is 0 Å². The van der Waals surface area contributed by atoms with E-state index in [-0.39, 0.29) is 17.4 Å². The van der Waals surface area contributed by atoms with Crippen molar-refractivity contribution in [2.75, 3.05) is 20.3 Å². The van der Waals surface area contributed by atoms with Crippen molar-refractivity contribution < 1.29 is 18.7 Å². The number of amides is 2. The van der Waals surface area contributed by atoms with Crippen LogP contribution in [-0.4, -0.2) is 43.2 Å². The predicted octanol–water partition coefficient (Wildman–Crippen LogP) is 1.69. The summed E-state index contributed by atoms with van der Waals surface area (Å²) in [6.45, 7) is -0.223. The fourth-order valence-corrected chi connectivity index (χ4v) is 2.91. The zero-order chi connectivity index (χ0) is 18.5. The second kappa shape index (κ2) is 7.95. The quantitative estimate of drug-likeness (QED) is 0.824. The first-order chi connectivity index (χ1) is 12.6. The SMILES string of the molecule is CNC(=O)c1cc(C(=O)NCCc2ccccn2)cc2c1OC(CF)C2. The minimum absolute atomic E-state index is 0.246. The molecule has 0 radical (unpaired) electrons. The first-order valence-corrected chi connectivity index (χ1v) is 8.42. The van der Waals surface area contributed by atoms with Crippen LogP contribution in [0.25, 0.3) is 0 Å². The number of fused-ring (bicyclic) bond motifs is 1. The highest BCUT2D eigenvalue weighted by molar-refractivity contribution is 6.02. The number of nitrogens with one attached hydrogen (secondary N) is 2. The normalized spacial score (nSPS) is 15.1. The molecule has 1 aromatic carbocycles. The van der Waals surface area contributed by atoms with Crippen molar-refractivity contribution in [3.05, 3.63) is 58.9 Å². The molecule has 2 aromatic rings. The Balaban J connectivity index is 1.75. The van der Waals surface area contributed by atoms with E-state index >= 15 is 0 Å². The maximum absolute atomic E-state index is 13.0. The smallest absolute Gasteiger partial charge is 0.254 e. The standard InChI is InChI=1S/C19H20FN3O3/c1-21-19(25)16-10-13(8-12-9-15(11-20)26-17(12)16)18(24)23-7-5-14-4-2-3-6-22-14/h2-4,6,8,10,15H,5,7,9,11H2,1H3,(H,21,25)(H,23,24). The number of carbonyl (C=O) groups excluding carboxylic acids is 2. The summed E-state index contributed by atoms with van der Waals surface area (Å²) in [4.78, 5) is 28.8. The lowest BCUT2D eigenvalue weighted by Crippen LogP contribution is -2.27. The molecule has 0 fully saturated rings. The molecule has 2 amide bonds.